The highest BCUT2D eigenvalue weighted by Crippen LogP contribution is 2.26. The molecule has 3 heterocycles. The van der Waals surface area contributed by atoms with E-state index in [1.165, 1.54) is 11.8 Å². The van der Waals surface area contributed by atoms with Gasteiger partial charge in [0, 0.05) is 18.4 Å². The lowest BCUT2D eigenvalue weighted by Crippen LogP contribution is -2.56. The Bertz CT molecular complexity index is 711. The minimum Gasteiger partial charge on any atom is -0.461 e. The summed E-state index contributed by atoms with van der Waals surface area (Å²) in [4.78, 5) is 25.5. The highest BCUT2D eigenvalue weighted by atomic mass is 32.2. The zero-order valence-electron chi connectivity index (χ0n) is 13.5. The summed E-state index contributed by atoms with van der Waals surface area (Å²) in [6.45, 7) is 4.69. The summed E-state index contributed by atoms with van der Waals surface area (Å²) in [5.74, 6) is 1.62. The topological polar surface area (TPSA) is 88.6 Å². The summed E-state index contributed by atoms with van der Waals surface area (Å²) in [5.41, 5.74) is 0.341. The molecule has 128 valence electrons. The molecule has 1 unspecified atom stereocenters. The predicted octanol–water partition coefficient (Wildman–Crippen LogP) is 2.46. The van der Waals surface area contributed by atoms with Gasteiger partial charge in [0.2, 0.25) is 17.6 Å². The second-order valence-electron chi connectivity index (χ2n) is 6.01. The van der Waals surface area contributed by atoms with E-state index in [1.807, 2.05) is 13.8 Å². The Morgan fingerprint density at radius 2 is 2.25 bits per heavy atom. The van der Waals surface area contributed by atoms with Crippen molar-refractivity contribution in [2.75, 3.05) is 6.54 Å². The number of hydrogen-bond donors (Lipinski definition) is 1. The molecule has 0 aliphatic carbocycles. The molecule has 2 amide bonds. The fourth-order valence-corrected chi connectivity index (χ4v) is 3.50. The SMILES string of the molecule is CC(C)CN1C(=O)CC(=O)NC1SCc1cc(-c2ccco2)on1. The van der Waals surface area contributed by atoms with Gasteiger partial charge in [0.15, 0.2) is 11.3 Å². The van der Waals surface area contributed by atoms with Crippen LogP contribution >= 0.6 is 11.8 Å². The zero-order chi connectivity index (χ0) is 17.1. The smallest absolute Gasteiger partial charge is 0.234 e. The van der Waals surface area contributed by atoms with E-state index in [1.54, 1.807) is 29.4 Å². The molecular weight excluding hydrogens is 330 g/mol. The minimum atomic E-state index is -0.384. The van der Waals surface area contributed by atoms with Crippen LogP contribution in [0.1, 0.15) is 26.0 Å². The lowest BCUT2D eigenvalue weighted by atomic mass is 10.2. The third-order valence-corrected chi connectivity index (χ3v) is 4.62. The molecule has 0 aromatic carbocycles. The zero-order valence-corrected chi connectivity index (χ0v) is 14.3. The molecule has 7 nitrogen and oxygen atoms in total. The van der Waals surface area contributed by atoms with Crippen molar-refractivity contribution >= 4 is 23.6 Å². The van der Waals surface area contributed by atoms with Crippen LogP contribution in [0.3, 0.4) is 0 Å². The monoisotopic (exact) mass is 349 g/mol. The van der Waals surface area contributed by atoms with Crippen LogP contribution in [0.2, 0.25) is 0 Å². The predicted molar refractivity (Wildman–Crippen MR) is 88.6 cm³/mol. The van der Waals surface area contributed by atoms with Crippen molar-refractivity contribution in [1.29, 1.82) is 0 Å². The highest BCUT2D eigenvalue weighted by molar-refractivity contribution is 7.99. The number of carbonyl (C=O) groups is 2. The number of amides is 2. The number of thioether (sulfide) groups is 1. The van der Waals surface area contributed by atoms with Crippen LogP contribution in [0.5, 0.6) is 0 Å². The van der Waals surface area contributed by atoms with E-state index < -0.39 is 0 Å². The van der Waals surface area contributed by atoms with Crippen molar-refractivity contribution in [3.8, 4) is 11.5 Å². The van der Waals surface area contributed by atoms with E-state index >= 15 is 0 Å². The third kappa shape index (κ3) is 3.81. The fraction of sp³-hybridized carbons (Fsp3) is 0.438. The minimum absolute atomic E-state index is 0.0869. The molecule has 1 saturated heterocycles. The molecule has 0 radical (unpaired) electrons. The van der Waals surface area contributed by atoms with Gasteiger partial charge in [-0.3, -0.25) is 9.59 Å². The Morgan fingerprint density at radius 3 is 2.96 bits per heavy atom. The molecule has 0 bridgehead atoms. The van der Waals surface area contributed by atoms with Crippen molar-refractivity contribution in [3.63, 3.8) is 0 Å². The van der Waals surface area contributed by atoms with Gasteiger partial charge in [-0.15, -0.1) is 11.8 Å². The van der Waals surface area contributed by atoms with E-state index in [-0.39, 0.29) is 23.7 Å². The number of rotatable bonds is 6. The Morgan fingerprint density at radius 1 is 1.42 bits per heavy atom. The summed E-state index contributed by atoms with van der Waals surface area (Å²) in [5, 5.41) is 6.87. The molecule has 3 rings (SSSR count). The number of aromatic nitrogens is 1. The third-order valence-electron chi connectivity index (χ3n) is 3.47. The van der Waals surface area contributed by atoms with Crippen molar-refractivity contribution in [2.45, 2.75) is 31.5 Å². The van der Waals surface area contributed by atoms with Crippen molar-refractivity contribution in [2.24, 2.45) is 5.92 Å². The van der Waals surface area contributed by atoms with Crippen LogP contribution in [-0.2, 0) is 15.3 Å². The number of carbonyl (C=O) groups excluding carboxylic acids is 2. The first-order valence-electron chi connectivity index (χ1n) is 7.73. The quantitative estimate of drug-likeness (QED) is 0.806. The molecule has 0 spiro atoms. The fourth-order valence-electron chi connectivity index (χ4n) is 2.44. The normalized spacial score (nSPS) is 18.3. The summed E-state index contributed by atoms with van der Waals surface area (Å²) < 4.78 is 10.5. The first-order valence-corrected chi connectivity index (χ1v) is 8.77. The van der Waals surface area contributed by atoms with Gasteiger partial charge in [0.05, 0.1) is 12.0 Å². The largest absolute Gasteiger partial charge is 0.461 e. The second-order valence-corrected chi connectivity index (χ2v) is 7.08. The van der Waals surface area contributed by atoms with E-state index in [9.17, 15) is 9.59 Å². The average Bonchev–Trinajstić information content (AvgIpc) is 3.18. The first kappa shape index (κ1) is 16.6. The summed E-state index contributed by atoms with van der Waals surface area (Å²) in [6.07, 6.45) is 1.48. The van der Waals surface area contributed by atoms with Gasteiger partial charge in [0.25, 0.3) is 0 Å². The van der Waals surface area contributed by atoms with Crippen LogP contribution in [0.4, 0.5) is 0 Å². The van der Waals surface area contributed by atoms with E-state index in [4.69, 9.17) is 8.94 Å². The lowest BCUT2D eigenvalue weighted by Gasteiger charge is -2.36. The molecule has 1 atom stereocenters. The van der Waals surface area contributed by atoms with Gasteiger partial charge in [-0.25, -0.2) is 0 Å². The van der Waals surface area contributed by atoms with E-state index in [0.29, 0.717) is 29.7 Å². The average molecular weight is 349 g/mol. The van der Waals surface area contributed by atoms with E-state index in [2.05, 4.69) is 10.5 Å². The van der Waals surface area contributed by atoms with Gasteiger partial charge in [-0.1, -0.05) is 19.0 Å². The molecule has 8 heteroatoms. The number of hydrogen-bond acceptors (Lipinski definition) is 6. The van der Waals surface area contributed by atoms with Crippen LogP contribution in [0.25, 0.3) is 11.5 Å². The molecule has 0 saturated carbocycles. The lowest BCUT2D eigenvalue weighted by molar-refractivity contribution is -0.142. The van der Waals surface area contributed by atoms with Crippen LogP contribution in [-0.4, -0.2) is 33.9 Å². The Labute approximate surface area is 143 Å². The first-order chi connectivity index (χ1) is 11.5. The van der Waals surface area contributed by atoms with Crippen molar-refractivity contribution in [3.05, 3.63) is 30.2 Å². The Kier molecular flexibility index (Phi) is 4.94. The van der Waals surface area contributed by atoms with Gasteiger partial charge < -0.3 is 19.2 Å². The summed E-state index contributed by atoms with van der Waals surface area (Å²) in [7, 11) is 0. The molecule has 2 aromatic heterocycles. The van der Waals surface area contributed by atoms with Gasteiger partial charge >= 0.3 is 0 Å². The number of furan rings is 1. The summed E-state index contributed by atoms with van der Waals surface area (Å²) in [6, 6.07) is 5.37. The Balaban J connectivity index is 1.65. The number of nitrogens with zero attached hydrogens (tertiary/aromatic N) is 2. The maximum Gasteiger partial charge on any atom is 0.234 e. The molecule has 1 N–H and O–H groups in total. The maximum absolute atomic E-state index is 12.1. The standard InChI is InChI=1S/C16H19N3O4S/c1-10(2)8-19-15(21)7-14(20)17-16(19)24-9-11-6-13(23-18-11)12-4-3-5-22-12/h3-6,10,16H,7-9H2,1-2H3,(H,17,20). The second kappa shape index (κ2) is 7.12. The molecule has 1 aliphatic heterocycles. The molecular formula is C16H19N3O4S. The molecule has 2 aromatic rings. The van der Waals surface area contributed by atoms with Gasteiger partial charge in [-0.05, 0) is 18.1 Å². The molecule has 1 aliphatic rings. The summed E-state index contributed by atoms with van der Waals surface area (Å²) >= 11 is 1.44. The van der Waals surface area contributed by atoms with Crippen molar-refractivity contribution in [1.82, 2.24) is 15.4 Å². The Hall–Kier alpha value is -2.22. The van der Waals surface area contributed by atoms with Crippen LogP contribution in [0.15, 0.2) is 33.4 Å². The van der Waals surface area contributed by atoms with Gasteiger partial charge in [0.1, 0.15) is 6.42 Å². The van der Waals surface area contributed by atoms with Crippen LogP contribution < -0.4 is 5.32 Å². The van der Waals surface area contributed by atoms with E-state index in [0.717, 1.165) is 5.69 Å². The van der Waals surface area contributed by atoms with Crippen LogP contribution in [0, 0.1) is 5.92 Å². The number of nitrogens with one attached hydrogen (secondary N) is 1. The van der Waals surface area contributed by atoms with Gasteiger partial charge in [-0.2, -0.15) is 0 Å². The molecule has 1 fully saturated rings. The van der Waals surface area contributed by atoms with Crippen molar-refractivity contribution < 1.29 is 18.5 Å². The maximum atomic E-state index is 12.1. The molecule has 24 heavy (non-hydrogen) atoms. The highest BCUT2D eigenvalue weighted by Gasteiger charge is 2.32.